The fourth-order valence-electron chi connectivity index (χ4n) is 2.60. The number of nitrogens with zero attached hydrogens (tertiary/aromatic N) is 2. The van der Waals surface area contributed by atoms with E-state index in [1.165, 1.54) is 0 Å². The maximum Gasteiger partial charge on any atom is 0.240 e. The Morgan fingerprint density at radius 2 is 2.04 bits per heavy atom. The molecule has 2 aromatic rings. The minimum absolute atomic E-state index is 0.0651. The molecule has 24 heavy (non-hydrogen) atoms. The minimum atomic E-state index is -0.114. The second-order valence-electron chi connectivity index (χ2n) is 5.76. The number of benzene rings is 1. The maximum absolute atomic E-state index is 12.0. The van der Waals surface area contributed by atoms with Crippen LogP contribution in [0.5, 0.6) is 0 Å². The number of amides is 2. The van der Waals surface area contributed by atoms with Crippen molar-refractivity contribution in [1.29, 1.82) is 0 Å². The monoisotopic (exact) mass is 322 g/mol. The first-order valence-electron chi connectivity index (χ1n) is 7.78. The van der Waals surface area contributed by atoms with Crippen molar-refractivity contribution in [2.45, 2.75) is 19.8 Å². The number of nitrogens with one attached hydrogen (secondary N) is 2. The minimum Gasteiger partial charge on any atom is -0.326 e. The van der Waals surface area contributed by atoms with E-state index in [0.717, 1.165) is 17.0 Å². The molecule has 0 saturated heterocycles. The number of pyridine rings is 1. The Hall–Kier alpha value is -3.02. The Labute approximate surface area is 140 Å². The van der Waals surface area contributed by atoms with E-state index in [1.54, 1.807) is 6.20 Å². The zero-order chi connectivity index (χ0) is 16.9. The van der Waals surface area contributed by atoms with Gasteiger partial charge in [-0.05, 0) is 29.8 Å². The van der Waals surface area contributed by atoms with E-state index in [-0.39, 0.29) is 24.2 Å². The first-order chi connectivity index (χ1) is 11.6. The molecular formula is C18H18N4O2. The molecule has 1 aromatic carbocycles. The lowest BCUT2D eigenvalue weighted by Gasteiger charge is -2.19. The summed E-state index contributed by atoms with van der Waals surface area (Å²) in [5.74, 6) is -0.106. The lowest BCUT2D eigenvalue weighted by Crippen LogP contribution is -2.31. The molecule has 6 heteroatoms. The van der Waals surface area contributed by atoms with Gasteiger partial charge in [0.25, 0.3) is 0 Å². The highest BCUT2D eigenvalue weighted by atomic mass is 16.2. The van der Waals surface area contributed by atoms with Gasteiger partial charge in [0.15, 0.2) is 0 Å². The van der Waals surface area contributed by atoms with Crippen LogP contribution in [0.3, 0.4) is 0 Å². The Balaban J connectivity index is 1.64. The lowest BCUT2D eigenvalue weighted by molar-refractivity contribution is -0.122. The Morgan fingerprint density at radius 1 is 1.25 bits per heavy atom. The standard InChI is InChI=1S/C18H18N4O2/c1-12-10-17(24)21-22-18(12)13-5-7-14(8-6-13)20-16(23)11-15-4-2-3-9-19-15/h2-9,12H,10-11H2,1H3,(H,20,23)(H,21,24). The highest BCUT2D eigenvalue weighted by Gasteiger charge is 2.21. The van der Waals surface area contributed by atoms with Gasteiger partial charge in [-0.3, -0.25) is 14.6 Å². The number of carbonyl (C=O) groups is 2. The van der Waals surface area contributed by atoms with Crippen LogP contribution in [0.15, 0.2) is 53.8 Å². The molecule has 0 spiro atoms. The molecule has 1 atom stereocenters. The van der Waals surface area contributed by atoms with Gasteiger partial charge >= 0.3 is 0 Å². The highest BCUT2D eigenvalue weighted by molar-refractivity contribution is 6.06. The van der Waals surface area contributed by atoms with E-state index in [2.05, 4.69) is 20.8 Å². The molecule has 3 rings (SSSR count). The zero-order valence-electron chi connectivity index (χ0n) is 13.3. The molecule has 2 N–H and O–H groups in total. The van der Waals surface area contributed by atoms with E-state index in [1.807, 2.05) is 49.4 Å². The molecule has 0 bridgehead atoms. The normalized spacial score (nSPS) is 17.0. The lowest BCUT2D eigenvalue weighted by atomic mass is 9.94. The number of carbonyl (C=O) groups excluding carboxylic acids is 2. The van der Waals surface area contributed by atoms with Crippen molar-refractivity contribution in [2.24, 2.45) is 11.0 Å². The zero-order valence-corrected chi connectivity index (χ0v) is 13.3. The molecule has 2 heterocycles. The number of hydrogen-bond donors (Lipinski definition) is 2. The fourth-order valence-corrected chi connectivity index (χ4v) is 2.60. The Bertz CT molecular complexity index is 769. The molecule has 0 fully saturated rings. The van der Waals surface area contributed by atoms with Crippen molar-refractivity contribution in [3.8, 4) is 0 Å². The summed E-state index contributed by atoms with van der Waals surface area (Å²) in [5, 5.41) is 6.98. The Morgan fingerprint density at radius 3 is 2.71 bits per heavy atom. The largest absolute Gasteiger partial charge is 0.326 e. The molecule has 1 aromatic heterocycles. The highest BCUT2D eigenvalue weighted by Crippen LogP contribution is 2.18. The third-order valence-electron chi connectivity index (χ3n) is 3.79. The first-order valence-corrected chi connectivity index (χ1v) is 7.78. The van der Waals surface area contributed by atoms with Gasteiger partial charge in [0, 0.05) is 29.9 Å². The van der Waals surface area contributed by atoms with Crippen molar-refractivity contribution in [1.82, 2.24) is 10.4 Å². The molecule has 122 valence electrons. The van der Waals surface area contributed by atoms with E-state index in [4.69, 9.17) is 0 Å². The smallest absolute Gasteiger partial charge is 0.240 e. The summed E-state index contributed by atoms with van der Waals surface area (Å²) in [5.41, 5.74) is 5.74. The molecule has 1 aliphatic rings. The van der Waals surface area contributed by atoms with E-state index < -0.39 is 0 Å². The number of rotatable bonds is 4. The summed E-state index contributed by atoms with van der Waals surface area (Å²) in [4.78, 5) is 27.5. The van der Waals surface area contributed by atoms with Crippen molar-refractivity contribution < 1.29 is 9.59 Å². The molecule has 0 aliphatic carbocycles. The quantitative estimate of drug-likeness (QED) is 0.904. The number of hydrazone groups is 1. The van der Waals surface area contributed by atoms with Gasteiger partial charge in [-0.2, -0.15) is 5.10 Å². The summed E-state index contributed by atoms with van der Waals surface area (Å²) in [6.45, 7) is 1.97. The summed E-state index contributed by atoms with van der Waals surface area (Å²) in [6.07, 6.45) is 2.34. The average Bonchev–Trinajstić information content (AvgIpc) is 2.57. The molecule has 2 amide bonds. The van der Waals surface area contributed by atoms with Gasteiger partial charge in [0.1, 0.15) is 0 Å². The van der Waals surface area contributed by atoms with Crippen LogP contribution in [0.25, 0.3) is 0 Å². The molecule has 1 aliphatic heterocycles. The fraction of sp³-hybridized carbons (Fsp3) is 0.222. The van der Waals surface area contributed by atoms with Crippen molar-refractivity contribution in [3.05, 3.63) is 59.9 Å². The summed E-state index contributed by atoms with van der Waals surface area (Å²) < 4.78 is 0. The molecule has 0 radical (unpaired) electrons. The number of aromatic nitrogens is 1. The maximum atomic E-state index is 12.0. The third-order valence-corrected chi connectivity index (χ3v) is 3.79. The van der Waals surface area contributed by atoms with Gasteiger partial charge in [-0.25, -0.2) is 5.43 Å². The summed E-state index contributed by atoms with van der Waals surface area (Å²) in [6, 6.07) is 12.9. The van der Waals surface area contributed by atoms with Gasteiger partial charge in [-0.1, -0.05) is 25.1 Å². The number of hydrogen-bond acceptors (Lipinski definition) is 4. The van der Waals surface area contributed by atoms with Crippen LogP contribution < -0.4 is 10.7 Å². The predicted molar refractivity (Wildman–Crippen MR) is 91.5 cm³/mol. The van der Waals surface area contributed by atoms with Gasteiger partial charge < -0.3 is 5.32 Å². The molecule has 1 unspecified atom stereocenters. The van der Waals surface area contributed by atoms with Crippen LogP contribution >= 0.6 is 0 Å². The second-order valence-corrected chi connectivity index (χ2v) is 5.76. The molecule has 6 nitrogen and oxygen atoms in total. The van der Waals surface area contributed by atoms with Gasteiger partial charge in [-0.15, -0.1) is 0 Å². The third kappa shape index (κ3) is 3.84. The van der Waals surface area contributed by atoms with E-state index >= 15 is 0 Å². The summed E-state index contributed by atoms with van der Waals surface area (Å²) in [7, 11) is 0. The van der Waals surface area contributed by atoms with Crippen LogP contribution in [-0.2, 0) is 16.0 Å². The van der Waals surface area contributed by atoms with E-state index in [9.17, 15) is 9.59 Å². The van der Waals surface area contributed by atoms with E-state index in [0.29, 0.717) is 12.1 Å². The molecule has 0 saturated carbocycles. The molecular weight excluding hydrogens is 304 g/mol. The second kappa shape index (κ2) is 7.04. The first kappa shape index (κ1) is 15.9. The average molecular weight is 322 g/mol. The van der Waals surface area contributed by atoms with Gasteiger partial charge in [0.05, 0.1) is 12.1 Å². The van der Waals surface area contributed by atoms with Crippen LogP contribution in [-0.4, -0.2) is 22.5 Å². The number of anilines is 1. The summed E-state index contributed by atoms with van der Waals surface area (Å²) >= 11 is 0. The Kier molecular flexibility index (Phi) is 4.65. The SMILES string of the molecule is CC1CC(=O)NN=C1c1ccc(NC(=O)Cc2ccccn2)cc1. The van der Waals surface area contributed by atoms with Gasteiger partial charge in [0.2, 0.25) is 11.8 Å². The van der Waals surface area contributed by atoms with Crippen molar-refractivity contribution in [2.75, 3.05) is 5.32 Å². The van der Waals surface area contributed by atoms with Crippen LogP contribution in [0.4, 0.5) is 5.69 Å². The van der Waals surface area contributed by atoms with Crippen molar-refractivity contribution in [3.63, 3.8) is 0 Å². The topological polar surface area (TPSA) is 83.5 Å². The van der Waals surface area contributed by atoms with Crippen LogP contribution in [0, 0.1) is 5.92 Å². The van der Waals surface area contributed by atoms with Crippen LogP contribution in [0.1, 0.15) is 24.6 Å². The van der Waals surface area contributed by atoms with Crippen molar-refractivity contribution >= 4 is 23.2 Å². The van der Waals surface area contributed by atoms with Crippen LogP contribution in [0.2, 0.25) is 0 Å². The predicted octanol–water partition coefficient (Wildman–Crippen LogP) is 2.12.